The maximum absolute atomic E-state index is 13.0. The van der Waals surface area contributed by atoms with Gasteiger partial charge in [0.1, 0.15) is 0 Å². The van der Waals surface area contributed by atoms with Crippen LogP contribution in [-0.4, -0.2) is 53.7 Å². The van der Waals surface area contributed by atoms with Gasteiger partial charge >= 0.3 is 0 Å². The first kappa shape index (κ1) is 34.3. The molecule has 0 saturated carbocycles. The summed E-state index contributed by atoms with van der Waals surface area (Å²) in [6.45, 7) is 3.17. The molecule has 0 radical (unpaired) electrons. The minimum Gasteiger partial charge on any atom is -0.377 e. The molecule has 1 saturated heterocycles. The van der Waals surface area contributed by atoms with Crippen molar-refractivity contribution in [1.29, 1.82) is 0 Å². The van der Waals surface area contributed by atoms with Crippen molar-refractivity contribution in [3.63, 3.8) is 0 Å². The Kier molecular flexibility index (Phi) is 15.1. The lowest BCUT2D eigenvalue weighted by molar-refractivity contribution is -0.121. The van der Waals surface area contributed by atoms with Crippen LogP contribution in [0.4, 0.5) is 5.69 Å². The highest BCUT2D eigenvalue weighted by molar-refractivity contribution is 7.89. The summed E-state index contributed by atoms with van der Waals surface area (Å²) in [5.74, 6) is 0.0898. The average molecular weight is 602 g/mol. The fraction of sp³-hybridized carbons (Fsp3) is 0.676. The Morgan fingerprint density at radius 1 is 0.762 bits per heavy atom. The van der Waals surface area contributed by atoms with Gasteiger partial charge in [0.15, 0.2) is 0 Å². The van der Waals surface area contributed by atoms with Gasteiger partial charge in [-0.2, -0.15) is 0 Å². The lowest BCUT2D eigenvalue weighted by Gasteiger charge is -2.17. The summed E-state index contributed by atoms with van der Waals surface area (Å²) in [7, 11) is 0.270. The standard InChI is InChI=1S/C34H55N3O4S/c1-4-5-6-7-9-12-22-31-32(41-31)23-13-10-8-11-14-25-34(38)35-26-15-16-27-36-42(39,40)33-24-18-19-28-29(33)20-17-21-30(28)37(2)3/h17-21,24,31-32,36H,4-16,22-23,25-27H2,1-3H3,(H,35,38). The van der Waals surface area contributed by atoms with E-state index in [1.165, 1.54) is 70.6 Å². The number of unbranched alkanes of at least 4 members (excludes halogenated alkanes) is 10. The first-order valence-corrected chi connectivity index (χ1v) is 17.9. The quantitative estimate of drug-likeness (QED) is 0.103. The molecule has 2 atom stereocenters. The highest BCUT2D eigenvalue weighted by atomic mass is 32.2. The van der Waals surface area contributed by atoms with E-state index in [1.54, 1.807) is 12.1 Å². The largest absolute Gasteiger partial charge is 0.377 e. The number of ether oxygens (including phenoxy) is 1. The molecule has 2 aromatic carbocycles. The Morgan fingerprint density at radius 3 is 2.05 bits per heavy atom. The van der Waals surface area contributed by atoms with Gasteiger partial charge in [-0.05, 0) is 44.2 Å². The molecule has 1 aliphatic rings. The molecule has 7 nitrogen and oxygen atoms in total. The SMILES string of the molecule is CCCCCCCCC1OC1CCCCCCCC(=O)NCCCCNS(=O)(=O)c1cccc2c(N(C)C)cccc12. The number of hydrogen-bond acceptors (Lipinski definition) is 5. The third-order valence-corrected chi connectivity index (χ3v) is 9.79. The molecular formula is C34H55N3O4S. The Balaban J connectivity index is 1.17. The molecule has 2 unspecified atom stereocenters. The Bertz CT molecular complexity index is 1180. The van der Waals surface area contributed by atoms with E-state index >= 15 is 0 Å². The van der Waals surface area contributed by atoms with Crippen molar-refractivity contribution in [1.82, 2.24) is 10.0 Å². The zero-order valence-corrected chi connectivity index (χ0v) is 27.2. The monoisotopic (exact) mass is 601 g/mol. The van der Waals surface area contributed by atoms with E-state index in [0.29, 0.717) is 48.4 Å². The first-order valence-electron chi connectivity index (χ1n) is 16.4. The maximum Gasteiger partial charge on any atom is 0.241 e. The predicted molar refractivity (Wildman–Crippen MR) is 175 cm³/mol. The molecular weight excluding hydrogens is 546 g/mol. The van der Waals surface area contributed by atoms with Crippen molar-refractivity contribution in [3.05, 3.63) is 36.4 Å². The van der Waals surface area contributed by atoms with Crippen LogP contribution in [0.1, 0.15) is 110 Å². The number of anilines is 1. The Labute approximate surface area is 255 Å². The number of epoxide rings is 1. The van der Waals surface area contributed by atoms with Gasteiger partial charge in [0.25, 0.3) is 0 Å². The van der Waals surface area contributed by atoms with Gasteiger partial charge in [0, 0.05) is 50.1 Å². The van der Waals surface area contributed by atoms with Gasteiger partial charge in [-0.1, -0.05) is 95.4 Å². The van der Waals surface area contributed by atoms with E-state index in [4.69, 9.17) is 4.74 Å². The molecule has 2 N–H and O–H groups in total. The molecule has 1 fully saturated rings. The second-order valence-corrected chi connectivity index (χ2v) is 13.8. The van der Waals surface area contributed by atoms with Gasteiger partial charge in [-0.15, -0.1) is 0 Å². The molecule has 42 heavy (non-hydrogen) atoms. The smallest absolute Gasteiger partial charge is 0.241 e. The van der Waals surface area contributed by atoms with E-state index in [0.717, 1.165) is 30.3 Å². The minimum atomic E-state index is -3.63. The number of hydrogen-bond donors (Lipinski definition) is 2. The van der Waals surface area contributed by atoms with Crippen LogP contribution in [0, 0.1) is 0 Å². The van der Waals surface area contributed by atoms with Crippen LogP contribution in [0.15, 0.2) is 41.3 Å². The second kappa shape index (κ2) is 18.5. The molecule has 8 heteroatoms. The number of benzene rings is 2. The Morgan fingerprint density at radius 2 is 1.36 bits per heavy atom. The highest BCUT2D eigenvalue weighted by Crippen LogP contribution is 2.32. The molecule has 3 rings (SSSR count). The normalized spacial score (nSPS) is 16.5. The van der Waals surface area contributed by atoms with E-state index in [2.05, 4.69) is 17.0 Å². The molecule has 1 amide bonds. The first-order chi connectivity index (χ1) is 20.3. The van der Waals surface area contributed by atoms with E-state index in [9.17, 15) is 13.2 Å². The number of rotatable bonds is 23. The number of nitrogens with zero attached hydrogens (tertiary/aromatic N) is 1. The van der Waals surface area contributed by atoms with Crippen LogP contribution in [0.3, 0.4) is 0 Å². The summed E-state index contributed by atoms with van der Waals surface area (Å²) in [4.78, 5) is 14.4. The van der Waals surface area contributed by atoms with Crippen LogP contribution in [-0.2, 0) is 19.6 Å². The Hall–Kier alpha value is -2.16. The summed E-state index contributed by atoms with van der Waals surface area (Å²) in [5.41, 5.74) is 0.982. The van der Waals surface area contributed by atoms with Crippen LogP contribution in [0.5, 0.6) is 0 Å². The van der Waals surface area contributed by atoms with E-state index in [-0.39, 0.29) is 5.91 Å². The topological polar surface area (TPSA) is 91.0 Å². The number of carbonyl (C=O) groups is 1. The van der Waals surface area contributed by atoms with Crippen molar-refractivity contribution in [2.75, 3.05) is 32.1 Å². The molecule has 2 aromatic rings. The molecule has 0 aliphatic carbocycles. The molecule has 236 valence electrons. The highest BCUT2D eigenvalue weighted by Gasteiger charge is 2.36. The third kappa shape index (κ3) is 11.8. The van der Waals surface area contributed by atoms with Crippen LogP contribution in [0.2, 0.25) is 0 Å². The molecule has 0 bridgehead atoms. The lowest BCUT2D eigenvalue weighted by Crippen LogP contribution is -2.27. The van der Waals surface area contributed by atoms with E-state index in [1.807, 2.05) is 43.3 Å². The number of nitrogens with one attached hydrogen (secondary N) is 2. The van der Waals surface area contributed by atoms with Gasteiger partial charge in [0.05, 0.1) is 17.1 Å². The summed E-state index contributed by atoms with van der Waals surface area (Å²) < 4.78 is 34.6. The van der Waals surface area contributed by atoms with Gasteiger partial charge in [-0.25, -0.2) is 13.1 Å². The zero-order chi connectivity index (χ0) is 30.2. The minimum absolute atomic E-state index is 0.0898. The molecule has 1 aliphatic heterocycles. The van der Waals surface area contributed by atoms with Crippen LogP contribution >= 0.6 is 0 Å². The fourth-order valence-corrected chi connectivity index (χ4v) is 7.01. The number of fused-ring (bicyclic) bond motifs is 1. The zero-order valence-electron chi connectivity index (χ0n) is 26.3. The predicted octanol–water partition coefficient (Wildman–Crippen LogP) is 7.33. The van der Waals surface area contributed by atoms with Gasteiger partial charge in [0.2, 0.25) is 15.9 Å². The fourth-order valence-electron chi connectivity index (χ4n) is 5.71. The average Bonchev–Trinajstić information content (AvgIpc) is 3.73. The molecule has 1 heterocycles. The summed E-state index contributed by atoms with van der Waals surface area (Å²) in [6.07, 6.45) is 19.2. The summed E-state index contributed by atoms with van der Waals surface area (Å²) in [5, 5.41) is 4.60. The van der Waals surface area contributed by atoms with Crippen molar-refractivity contribution in [2.24, 2.45) is 0 Å². The second-order valence-electron chi connectivity index (χ2n) is 12.1. The van der Waals surface area contributed by atoms with Crippen LogP contribution in [0.25, 0.3) is 10.8 Å². The number of sulfonamides is 1. The lowest BCUT2D eigenvalue weighted by atomic mass is 10.0. The molecule has 0 spiro atoms. The van der Waals surface area contributed by atoms with Gasteiger partial charge in [-0.3, -0.25) is 4.79 Å². The van der Waals surface area contributed by atoms with Crippen molar-refractivity contribution in [3.8, 4) is 0 Å². The van der Waals surface area contributed by atoms with Crippen LogP contribution < -0.4 is 14.9 Å². The summed E-state index contributed by atoms with van der Waals surface area (Å²) in [6, 6.07) is 11.1. The maximum atomic E-state index is 13.0. The number of carbonyl (C=O) groups excluding carboxylic acids is 1. The van der Waals surface area contributed by atoms with Crippen molar-refractivity contribution >= 4 is 32.4 Å². The third-order valence-electron chi connectivity index (χ3n) is 8.27. The van der Waals surface area contributed by atoms with E-state index < -0.39 is 10.0 Å². The molecule has 0 aromatic heterocycles. The number of amides is 1. The van der Waals surface area contributed by atoms with Crippen molar-refractivity contribution in [2.45, 2.75) is 127 Å². The van der Waals surface area contributed by atoms with Gasteiger partial charge < -0.3 is 15.0 Å². The van der Waals surface area contributed by atoms with Crippen molar-refractivity contribution < 1.29 is 17.9 Å². The summed E-state index contributed by atoms with van der Waals surface area (Å²) >= 11 is 0.